The third-order valence-corrected chi connectivity index (χ3v) is 3.17. The SMILES string of the molecule is COCCOCCOCCOCCNc1cc(C(=O)C(C)C)ncn1.[HH]. The third-order valence-electron chi connectivity index (χ3n) is 3.17. The van der Waals surface area contributed by atoms with Gasteiger partial charge >= 0.3 is 0 Å². The fourth-order valence-electron chi connectivity index (χ4n) is 1.82. The molecule has 0 aliphatic heterocycles. The minimum Gasteiger partial charge on any atom is -0.382 e. The van der Waals surface area contributed by atoms with Crippen molar-refractivity contribution in [3.8, 4) is 0 Å². The molecule has 8 nitrogen and oxygen atoms in total. The summed E-state index contributed by atoms with van der Waals surface area (Å²) >= 11 is 0. The smallest absolute Gasteiger partial charge is 0.183 e. The Kier molecular flexibility index (Phi) is 11.7. The van der Waals surface area contributed by atoms with Gasteiger partial charge in [0.2, 0.25) is 0 Å². The summed E-state index contributed by atoms with van der Waals surface area (Å²) in [6.07, 6.45) is 1.39. The predicted molar refractivity (Wildman–Crippen MR) is 96.1 cm³/mol. The van der Waals surface area contributed by atoms with Crippen LogP contribution in [0.25, 0.3) is 0 Å². The monoisotopic (exact) mass is 357 g/mol. The van der Waals surface area contributed by atoms with Crippen molar-refractivity contribution in [1.29, 1.82) is 0 Å². The number of hydrogen-bond donors (Lipinski definition) is 1. The average molecular weight is 357 g/mol. The average Bonchev–Trinajstić information content (AvgIpc) is 2.62. The molecule has 1 heterocycles. The number of anilines is 1. The van der Waals surface area contributed by atoms with Gasteiger partial charge in [0.15, 0.2) is 5.78 Å². The predicted octanol–water partition coefficient (Wildman–Crippen LogP) is 1.67. The summed E-state index contributed by atoms with van der Waals surface area (Å²) in [5, 5.41) is 3.11. The third kappa shape index (κ3) is 10.1. The number of methoxy groups -OCH3 is 1. The Morgan fingerprint density at radius 2 is 1.64 bits per heavy atom. The van der Waals surface area contributed by atoms with Crippen molar-refractivity contribution in [2.24, 2.45) is 5.92 Å². The van der Waals surface area contributed by atoms with E-state index in [4.69, 9.17) is 18.9 Å². The van der Waals surface area contributed by atoms with Crippen LogP contribution in [0.4, 0.5) is 5.82 Å². The highest BCUT2D eigenvalue weighted by Crippen LogP contribution is 2.09. The van der Waals surface area contributed by atoms with Crippen molar-refractivity contribution in [3.63, 3.8) is 0 Å². The van der Waals surface area contributed by atoms with E-state index in [0.29, 0.717) is 64.3 Å². The van der Waals surface area contributed by atoms with Gasteiger partial charge in [-0.1, -0.05) is 13.8 Å². The Morgan fingerprint density at radius 1 is 1.04 bits per heavy atom. The maximum atomic E-state index is 11.9. The number of ketones is 1. The molecule has 1 rings (SSSR count). The number of nitrogens with zero attached hydrogens (tertiary/aromatic N) is 2. The number of nitrogens with one attached hydrogen (secondary N) is 1. The molecule has 25 heavy (non-hydrogen) atoms. The number of Topliss-reactive ketones (excluding diaryl/α,β-unsaturated/α-hetero) is 1. The molecule has 8 heteroatoms. The molecule has 1 aromatic rings. The van der Waals surface area contributed by atoms with Crippen LogP contribution in [0, 0.1) is 5.92 Å². The lowest BCUT2D eigenvalue weighted by Crippen LogP contribution is -2.15. The second kappa shape index (κ2) is 13.7. The van der Waals surface area contributed by atoms with Crippen LogP contribution in [-0.2, 0) is 18.9 Å². The summed E-state index contributed by atoms with van der Waals surface area (Å²) in [5.41, 5.74) is 0.425. The molecule has 0 radical (unpaired) electrons. The van der Waals surface area contributed by atoms with E-state index in [1.165, 1.54) is 6.33 Å². The molecule has 1 N–H and O–H groups in total. The standard InChI is InChI=1S/C17H29N3O5.H2/c1-14(2)17(21)15-12-16(20-13-19-15)18-4-5-23-8-9-25-11-10-24-7-6-22-3;/h12-14H,4-11H2,1-3H3,(H,18,19,20);1H. The largest absolute Gasteiger partial charge is 0.382 e. The minimum atomic E-state index is -0.0866. The quantitative estimate of drug-likeness (QED) is 0.374. The Bertz CT molecular complexity index is 491. The summed E-state index contributed by atoms with van der Waals surface area (Å²) in [6.45, 7) is 8.10. The molecule has 0 bridgehead atoms. The first-order valence-electron chi connectivity index (χ1n) is 8.47. The molecule has 0 fully saturated rings. The highest BCUT2D eigenvalue weighted by atomic mass is 16.6. The van der Waals surface area contributed by atoms with Gasteiger partial charge in [0.05, 0.1) is 46.2 Å². The zero-order valence-electron chi connectivity index (χ0n) is 15.3. The summed E-state index contributed by atoms with van der Waals surface area (Å²) in [7, 11) is 1.64. The molecule has 0 saturated heterocycles. The summed E-state index contributed by atoms with van der Waals surface area (Å²) in [4.78, 5) is 20.0. The van der Waals surface area contributed by atoms with Crippen molar-refractivity contribution < 1.29 is 25.2 Å². The molecule has 0 amide bonds. The summed E-state index contributed by atoms with van der Waals surface area (Å²) < 4.78 is 21.0. The lowest BCUT2D eigenvalue weighted by molar-refractivity contribution is 0.00495. The van der Waals surface area contributed by atoms with Gasteiger partial charge in [-0.15, -0.1) is 0 Å². The Hall–Kier alpha value is -1.61. The van der Waals surface area contributed by atoms with Gasteiger partial charge in [0, 0.05) is 27.1 Å². The highest BCUT2D eigenvalue weighted by Gasteiger charge is 2.12. The van der Waals surface area contributed by atoms with E-state index in [2.05, 4.69) is 15.3 Å². The zero-order valence-corrected chi connectivity index (χ0v) is 15.3. The van der Waals surface area contributed by atoms with Crippen molar-refractivity contribution in [3.05, 3.63) is 18.1 Å². The second-order valence-corrected chi connectivity index (χ2v) is 5.56. The van der Waals surface area contributed by atoms with Crippen LogP contribution in [0.3, 0.4) is 0 Å². The van der Waals surface area contributed by atoms with Crippen LogP contribution in [0.2, 0.25) is 0 Å². The van der Waals surface area contributed by atoms with E-state index in [9.17, 15) is 4.79 Å². The first kappa shape index (κ1) is 21.4. The molecule has 0 spiro atoms. The van der Waals surface area contributed by atoms with Gasteiger partial charge in [-0.2, -0.15) is 0 Å². The van der Waals surface area contributed by atoms with Crippen molar-refractivity contribution in [1.82, 2.24) is 9.97 Å². The van der Waals surface area contributed by atoms with Gasteiger partial charge in [-0.05, 0) is 0 Å². The van der Waals surface area contributed by atoms with Gasteiger partial charge in [0.25, 0.3) is 0 Å². The molecule has 0 saturated carbocycles. The van der Waals surface area contributed by atoms with Gasteiger partial charge in [-0.25, -0.2) is 9.97 Å². The summed E-state index contributed by atoms with van der Waals surface area (Å²) in [6, 6.07) is 1.66. The second-order valence-electron chi connectivity index (χ2n) is 5.56. The molecule has 0 atom stereocenters. The van der Waals surface area contributed by atoms with Crippen LogP contribution < -0.4 is 5.32 Å². The number of hydrogen-bond acceptors (Lipinski definition) is 8. The fourth-order valence-corrected chi connectivity index (χ4v) is 1.82. The molecule has 144 valence electrons. The van der Waals surface area contributed by atoms with Gasteiger partial charge < -0.3 is 24.3 Å². The molecule has 0 aliphatic rings. The van der Waals surface area contributed by atoms with Gasteiger partial charge in [-0.3, -0.25) is 4.79 Å². The summed E-state index contributed by atoms with van der Waals surface area (Å²) in [5.74, 6) is 0.536. The van der Waals surface area contributed by atoms with Crippen LogP contribution in [-0.4, -0.2) is 75.7 Å². The molecule has 0 aromatic carbocycles. The van der Waals surface area contributed by atoms with Crippen molar-refractivity contribution >= 4 is 11.6 Å². The topological polar surface area (TPSA) is 91.8 Å². The number of ether oxygens (including phenoxy) is 4. The fraction of sp³-hybridized carbons (Fsp3) is 0.706. The van der Waals surface area contributed by atoms with E-state index in [0.717, 1.165) is 0 Å². The Labute approximate surface area is 150 Å². The lowest BCUT2D eigenvalue weighted by atomic mass is 10.1. The molecular formula is C17H31N3O5. The van der Waals surface area contributed by atoms with E-state index in [1.54, 1.807) is 13.2 Å². The normalized spacial score (nSPS) is 11.0. The highest BCUT2D eigenvalue weighted by molar-refractivity contribution is 5.96. The van der Waals surface area contributed by atoms with Crippen molar-refractivity contribution in [2.75, 3.05) is 65.2 Å². The Balaban J connectivity index is 0.00000625. The minimum absolute atomic E-state index is 0. The van der Waals surface area contributed by atoms with E-state index in [1.807, 2.05) is 13.8 Å². The molecular weight excluding hydrogens is 326 g/mol. The van der Waals surface area contributed by atoms with Crippen LogP contribution in [0.15, 0.2) is 12.4 Å². The van der Waals surface area contributed by atoms with E-state index in [-0.39, 0.29) is 13.1 Å². The molecule has 0 aliphatic carbocycles. The number of aromatic nitrogens is 2. The first-order chi connectivity index (χ1) is 12.1. The number of carbonyl (C=O) groups is 1. The first-order valence-corrected chi connectivity index (χ1v) is 8.47. The van der Waals surface area contributed by atoms with Crippen molar-refractivity contribution in [2.45, 2.75) is 13.8 Å². The Morgan fingerprint density at radius 3 is 2.24 bits per heavy atom. The van der Waals surface area contributed by atoms with Crippen LogP contribution in [0.1, 0.15) is 25.8 Å². The maximum absolute atomic E-state index is 11.9. The zero-order chi connectivity index (χ0) is 18.3. The lowest BCUT2D eigenvalue weighted by Gasteiger charge is -2.09. The number of rotatable bonds is 15. The van der Waals surface area contributed by atoms with Gasteiger partial charge in [0.1, 0.15) is 17.8 Å². The van der Waals surface area contributed by atoms with E-state index < -0.39 is 0 Å². The van der Waals surface area contributed by atoms with E-state index >= 15 is 0 Å². The van der Waals surface area contributed by atoms with Crippen LogP contribution >= 0.6 is 0 Å². The molecule has 1 aromatic heterocycles. The number of carbonyl (C=O) groups excluding carboxylic acids is 1. The molecule has 0 unspecified atom stereocenters. The maximum Gasteiger partial charge on any atom is 0.183 e. The van der Waals surface area contributed by atoms with Crippen LogP contribution in [0.5, 0.6) is 0 Å².